The van der Waals surface area contributed by atoms with E-state index in [1.54, 1.807) is 12.1 Å². The SMILES string of the molecule is COc1cc([C@@H](N)CCC(C)C)ccc1F. The predicted molar refractivity (Wildman–Crippen MR) is 64.0 cm³/mol. The van der Waals surface area contributed by atoms with Crippen molar-refractivity contribution in [2.75, 3.05) is 7.11 Å². The number of benzene rings is 1. The third-order valence-corrected chi connectivity index (χ3v) is 2.66. The van der Waals surface area contributed by atoms with Gasteiger partial charge in [0, 0.05) is 6.04 Å². The molecule has 0 amide bonds. The molecule has 0 aliphatic carbocycles. The van der Waals surface area contributed by atoms with E-state index in [1.807, 2.05) is 0 Å². The summed E-state index contributed by atoms with van der Waals surface area (Å²) in [5.41, 5.74) is 6.97. The van der Waals surface area contributed by atoms with Crippen LogP contribution in [0.15, 0.2) is 18.2 Å². The number of halogens is 1. The quantitative estimate of drug-likeness (QED) is 0.834. The molecule has 1 aromatic carbocycles. The normalized spacial score (nSPS) is 12.9. The van der Waals surface area contributed by atoms with Crippen molar-refractivity contribution < 1.29 is 9.13 Å². The van der Waals surface area contributed by atoms with Crippen molar-refractivity contribution >= 4 is 0 Å². The minimum atomic E-state index is -0.345. The molecule has 3 heteroatoms. The van der Waals surface area contributed by atoms with E-state index in [1.165, 1.54) is 13.2 Å². The first kappa shape index (κ1) is 13.0. The van der Waals surface area contributed by atoms with Crippen molar-refractivity contribution in [2.45, 2.75) is 32.7 Å². The number of nitrogens with two attached hydrogens (primary N) is 1. The van der Waals surface area contributed by atoms with Gasteiger partial charge in [-0.05, 0) is 36.5 Å². The summed E-state index contributed by atoms with van der Waals surface area (Å²) in [7, 11) is 1.46. The summed E-state index contributed by atoms with van der Waals surface area (Å²) in [4.78, 5) is 0. The van der Waals surface area contributed by atoms with E-state index >= 15 is 0 Å². The third kappa shape index (κ3) is 3.49. The molecular formula is C13H20FNO. The van der Waals surface area contributed by atoms with Gasteiger partial charge in [-0.15, -0.1) is 0 Å². The highest BCUT2D eigenvalue weighted by Crippen LogP contribution is 2.24. The average Bonchev–Trinajstić information content (AvgIpc) is 2.26. The van der Waals surface area contributed by atoms with E-state index in [9.17, 15) is 4.39 Å². The molecular weight excluding hydrogens is 205 g/mol. The lowest BCUT2D eigenvalue weighted by atomic mass is 9.98. The summed E-state index contributed by atoms with van der Waals surface area (Å²) >= 11 is 0. The number of hydrogen-bond donors (Lipinski definition) is 1. The predicted octanol–water partition coefficient (Wildman–Crippen LogP) is 3.27. The van der Waals surface area contributed by atoms with Gasteiger partial charge in [-0.1, -0.05) is 19.9 Å². The summed E-state index contributed by atoms with van der Waals surface area (Å²) in [6, 6.07) is 4.77. The second-order valence-electron chi connectivity index (χ2n) is 4.47. The highest BCUT2D eigenvalue weighted by Gasteiger charge is 2.10. The van der Waals surface area contributed by atoms with Crippen LogP contribution in [0.5, 0.6) is 5.75 Å². The van der Waals surface area contributed by atoms with Crippen molar-refractivity contribution in [1.29, 1.82) is 0 Å². The van der Waals surface area contributed by atoms with E-state index in [0.29, 0.717) is 5.92 Å². The zero-order valence-electron chi connectivity index (χ0n) is 10.2. The topological polar surface area (TPSA) is 35.2 Å². The highest BCUT2D eigenvalue weighted by atomic mass is 19.1. The van der Waals surface area contributed by atoms with E-state index in [4.69, 9.17) is 10.5 Å². The molecule has 0 radical (unpaired) electrons. The minimum Gasteiger partial charge on any atom is -0.494 e. The van der Waals surface area contributed by atoms with Gasteiger partial charge in [0.25, 0.3) is 0 Å². The van der Waals surface area contributed by atoms with Crippen LogP contribution in [0, 0.1) is 11.7 Å². The number of methoxy groups -OCH3 is 1. The van der Waals surface area contributed by atoms with Crippen LogP contribution in [-0.2, 0) is 0 Å². The van der Waals surface area contributed by atoms with E-state index in [0.717, 1.165) is 18.4 Å². The summed E-state index contributed by atoms with van der Waals surface area (Å²) in [6.07, 6.45) is 1.98. The van der Waals surface area contributed by atoms with Crippen molar-refractivity contribution in [2.24, 2.45) is 11.7 Å². The molecule has 0 aromatic heterocycles. The molecule has 0 aliphatic heterocycles. The zero-order valence-corrected chi connectivity index (χ0v) is 10.2. The average molecular weight is 225 g/mol. The minimum absolute atomic E-state index is 0.0445. The van der Waals surface area contributed by atoms with Gasteiger partial charge in [-0.3, -0.25) is 0 Å². The van der Waals surface area contributed by atoms with Crippen LogP contribution in [0.25, 0.3) is 0 Å². The Hall–Kier alpha value is -1.09. The van der Waals surface area contributed by atoms with E-state index in [2.05, 4.69) is 13.8 Å². The maximum atomic E-state index is 13.2. The summed E-state index contributed by atoms with van der Waals surface area (Å²) in [5, 5.41) is 0. The molecule has 1 atom stereocenters. The largest absolute Gasteiger partial charge is 0.494 e. The lowest BCUT2D eigenvalue weighted by Gasteiger charge is -2.14. The van der Waals surface area contributed by atoms with Gasteiger partial charge < -0.3 is 10.5 Å². The van der Waals surface area contributed by atoms with Gasteiger partial charge in [-0.2, -0.15) is 0 Å². The van der Waals surface area contributed by atoms with Crippen LogP contribution in [0.3, 0.4) is 0 Å². The Kier molecular flexibility index (Phi) is 4.74. The van der Waals surface area contributed by atoms with Gasteiger partial charge in [0.2, 0.25) is 0 Å². The Morgan fingerprint density at radius 2 is 2.00 bits per heavy atom. The lowest BCUT2D eigenvalue weighted by molar-refractivity contribution is 0.385. The maximum Gasteiger partial charge on any atom is 0.165 e. The molecule has 1 rings (SSSR count). The highest BCUT2D eigenvalue weighted by molar-refractivity contribution is 5.31. The molecule has 1 aromatic rings. The zero-order chi connectivity index (χ0) is 12.1. The molecule has 0 heterocycles. The van der Waals surface area contributed by atoms with Crippen LogP contribution in [0.2, 0.25) is 0 Å². The third-order valence-electron chi connectivity index (χ3n) is 2.66. The first-order valence-corrected chi connectivity index (χ1v) is 5.63. The van der Waals surface area contributed by atoms with Crippen LogP contribution in [0.1, 0.15) is 38.3 Å². The van der Waals surface area contributed by atoms with E-state index < -0.39 is 0 Å². The first-order valence-electron chi connectivity index (χ1n) is 5.63. The summed E-state index contributed by atoms with van der Waals surface area (Å²) in [6.45, 7) is 4.33. The van der Waals surface area contributed by atoms with Gasteiger partial charge in [0.05, 0.1) is 7.11 Å². The van der Waals surface area contributed by atoms with Crippen LogP contribution in [-0.4, -0.2) is 7.11 Å². The molecule has 0 saturated heterocycles. The fourth-order valence-corrected chi connectivity index (χ4v) is 1.59. The molecule has 0 bridgehead atoms. The Balaban J connectivity index is 2.72. The second-order valence-corrected chi connectivity index (χ2v) is 4.47. The smallest absolute Gasteiger partial charge is 0.165 e. The molecule has 16 heavy (non-hydrogen) atoms. The Labute approximate surface area is 96.6 Å². The van der Waals surface area contributed by atoms with Crippen molar-refractivity contribution in [3.05, 3.63) is 29.6 Å². The van der Waals surface area contributed by atoms with Crippen molar-refractivity contribution in [3.8, 4) is 5.75 Å². The maximum absolute atomic E-state index is 13.2. The molecule has 2 N–H and O–H groups in total. The fourth-order valence-electron chi connectivity index (χ4n) is 1.59. The monoisotopic (exact) mass is 225 g/mol. The first-order chi connectivity index (χ1) is 7.54. The molecule has 90 valence electrons. The standard InChI is InChI=1S/C13H20FNO/c1-9(2)4-7-12(15)10-5-6-11(14)13(8-10)16-3/h5-6,8-9,12H,4,7,15H2,1-3H3/t12-/m0/s1. The summed E-state index contributed by atoms with van der Waals surface area (Å²) < 4.78 is 18.1. The van der Waals surface area contributed by atoms with Crippen LogP contribution in [0.4, 0.5) is 4.39 Å². The van der Waals surface area contributed by atoms with Crippen molar-refractivity contribution in [1.82, 2.24) is 0 Å². The van der Waals surface area contributed by atoms with Gasteiger partial charge in [0.1, 0.15) is 0 Å². The Bertz CT molecular complexity index is 339. The van der Waals surface area contributed by atoms with Crippen molar-refractivity contribution in [3.63, 3.8) is 0 Å². The molecule has 0 aliphatic rings. The molecule has 2 nitrogen and oxygen atoms in total. The van der Waals surface area contributed by atoms with Gasteiger partial charge >= 0.3 is 0 Å². The van der Waals surface area contributed by atoms with Gasteiger partial charge in [0.15, 0.2) is 11.6 Å². The van der Waals surface area contributed by atoms with Crippen LogP contribution < -0.4 is 10.5 Å². The second kappa shape index (κ2) is 5.85. The lowest BCUT2D eigenvalue weighted by Crippen LogP contribution is -2.11. The number of rotatable bonds is 5. The van der Waals surface area contributed by atoms with E-state index in [-0.39, 0.29) is 17.6 Å². The molecule has 0 saturated carbocycles. The Morgan fingerprint density at radius 3 is 2.56 bits per heavy atom. The number of hydrogen-bond acceptors (Lipinski definition) is 2. The molecule has 0 fully saturated rings. The number of ether oxygens (including phenoxy) is 1. The molecule has 0 spiro atoms. The summed E-state index contributed by atoms with van der Waals surface area (Å²) in [5.74, 6) is 0.549. The molecule has 0 unspecified atom stereocenters. The van der Waals surface area contributed by atoms with Crippen LogP contribution >= 0.6 is 0 Å². The fraction of sp³-hybridized carbons (Fsp3) is 0.538. The van der Waals surface area contributed by atoms with Gasteiger partial charge in [-0.25, -0.2) is 4.39 Å². The Morgan fingerprint density at radius 1 is 1.31 bits per heavy atom.